The standard InChI is InChI=1S/C18H28O2Si/c1-7-11-16(18(19)20-4)17(14(2)3)21(5,6)15-12-9-8-10-13-15/h7-10,12-14,16-17H,1,11H2,2-6H3/t16-,17-/m0/s1. The van der Waals surface area contributed by atoms with Crippen molar-refractivity contribution in [2.24, 2.45) is 11.8 Å². The molecule has 0 bridgehead atoms. The summed E-state index contributed by atoms with van der Waals surface area (Å²) in [5, 5.41) is 1.39. The van der Waals surface area contributed by atoms with Crippen LogP contribution in [0.5, 0.6) is 0 Å². The van der Waals surface area contributed by atoms with Gasteiger partial charge >= 0.3 is 5.97 Å². The van der Waals surface area contributed by atoms with E-state index in [9.17, 15) is 4.79 Å². The molecule has 1 rings (SSSR count). The highest BCUT2D eigenvalue weighted by molar-refractivity contribution is 6.91. The lowest BCUT2D eigenvalue weighted by atomic mass is 9.93. The molecule has 0 spiro atoms. The van der Waals surface area contributed by atoms with Crippen LogP contribution in [0.25, 0.3) is 0 Å². The average Bonchev–Trinajstić information content (AvgIpc) is 2.46. The second-order valence-electron chi connectivity index (χ2n) is 6.51. The summed E-state index contributed by atoms with van der Waals surface area (Å²) in [6.07, 6.45) is 2.52. The first-order valence-electron chi connectivity index (χ1n) is 7.60. The van der Waals surface area contributed by atoms with Crippen LogP contribution in [-0.2, 0) is 9.53 Å². The molecule has 0 aromatic heterocycles. The minimum atomic E-state index is -1.80. The molecule has 0 radical (unpaired) electrons. The zero-order valence-electron chi connectivity index (χ0n) is 13.9. The summed E-state index contributed by atoms with van der Waals surface area (Å²) in [6.45, 7) is 12.9. The monoisotopic (exact) mass is 304 g/mol. The van der Waals surface area contributed by atoms with Gasteiger partial charge in [-0.25, -0.2) is 0 Å². The largest absolute Gasteiger partial charge is 0.469 e. The molecule has 2 nitrogen and oxygen atoms in total. The number of benzene rings is 1. The van der Waals surface area contributed by atoms with E-state index in [0.29, 0.717) is 17.9 Å². The van der Waals surface area contributed by atoms with Crippen LogP contribution in [-0.4, -0.2) is 21.2 Å². The summed E-state index contributed by atoms with van der Waals surface area (Å²) in [7, 11) is -0.321. The molecule has 3 heteroatoms. The van der Waals surface area contributed by atoms with Crippen molar-refractivity contribution in [3.05, 3.63) is 43.0 Å². The van der Waals surface area contributed by atoms with Crippen LogP contribution in [0.2, 0.25) is 18.6 Å². The third-order valence-corrected chi connectivity index (χ3v) is 8.98. The van der Waals surface area contributed by atoms with Crippen molar-refractivity contribution in [1.29, 1.82) is 0 Å². The van der Waals surface area contributed by atoms with Gasteiger partial charge in [0.25, 0.3) is 0 Å². The molecule has 1 aromatic rings. The van der Waals surface area contributed by atoms with Crippen LogP contribution in [0, 0.1) is 11.8 Å². The lowest BCUT2D eigenvalue weighted by Crippen LogP contribution is -2.51. The van der Waals surface area contributed by atoms with Crippen LogP contribution in [0.1, 0.15) is 20.3 Å². The molecule has 2 atom stereocenters. The van der Waals surface area contributed by atoms with Gasteiger partial charge in [0.15, 0.2) is 0 Å². The smallest absolute Gasteiger partial charge is 0.308 e. The molecule has 0 fully saturated rings. The van der Waals surface area contributed by atoms with Gasteiger partial charge < -0.3 is 4.74 Å². The molecule has 0 aliphatic rings. The minimum absolute atomic E-state index is 0.102. The molecule has 116 valence electrons. The molecule has 21 heavy (non-hydrogen) atoms. The second-order valence-corrected chi connectivity index (χ2v) is 11.2. The van der Waals surface area contributed by atoms with E-state index in [0.717, 1.165) is 0 Å². The van der Waals surface area contributed by atoms with Crippen molar-refractivity contribution >= 4 is 19.2 Å². The van der Waals surface area contributed by atoms with E-state index in [1.54, 1.807) is 0 Å². The lowest BCUT2D eigenvalue weighted by molar-refractivity contribution is -0.145. The van der Waals surface area contributed by atoms with Gasteiger partial charge in [0.1, 0.15) is 0 Å². The number of ether oxygens (including phenoxy) is 1. The first kappa shape index (κ1) is 17.7. The highest BCUT2D eigenvalue weighted by atomic mass is 28.3. The maximum atomic E-state index is 12.3. The Morgan fingerprint density at radius 3 is 2.29 bits per heavy atom. The van der Waals surface area contributed by atoms with E-state index in [-0.39, 0.29) is 11.9 Å². The quantitative estimate of drug-likeness (QED) is 0.432. The van der Waals surface area contributed by atoms with Crippen LogP contribution in [0.3, 0.4) is 0 Å². The Bertz CT molecular complexity index is 465. The molecule has 0 N–H and O–H groups in total. The van der Waals surface area contributed by atoms with Crippen LogP contribution >= 0.6 is 0 Å². The van der Waals surface area contributed by atoms with Gasteiger partial charge in [0.05, 0.1) is 21.1 Å². The Labute approximate surface area is 130 Å². The summed E-state index contributed by atoms with van der Waals surface area (Å²) in [5.74, 6) is 0.218. The number of hydrogen-bond acceptors (Lipinski definition) is 2. The Morgan fingerprint density at radius 2 is 1.86 bits per heavy atom. The fourth-order valence-corrected chi connectivity index (χ4v) is 7.96. The fourth-order valence-electron chi connectivity index (χ4n) is 3.58. The van der Waals surface area contributed by atoms with E-state index < -0.39 is 8.07 Å². The summed E-state index contributed by atoms with van der Waals surface area (Å²) in [5.41, 5.74) is 0.324. The van der Waals surface area contributed by atoms with Gasteiger partial charge in [-0.15, -0.1) is 6.58 Å². The third-order valence-electron chi connectivity index (χ3n) is 4.43. The SMILES string of the molecule is C=CC[C@H](C(=O)OC)[C@H](C(C)C)[Si](C)(C)c1ccccc1. The predicted octanol–water partition coefficient (Wildman–Crippen LogP) is 3.99. The number of carbonyl (C=O) groups is 1. The summed E-state index contributed by atoms with van der Waals surface area (Å²) >= 11 is 0. The molecule has 0 saturated carbocycles. The Morgan fingerprint density at radius 1 is 1.29 bits per heavy atom. The number of carbonyl (C=O) groups excluding carboxylic acids is 1. The lowest BCUT2D eigenvalue weighted by Gasteiger charge is -2.40. The maximum absolute atomic E-state index is 12.3. The third kappa shape index (κ3) is 4.07. The number of methoxy groups -OCH3 is 1. The van der Waals surface area contributed by atoms with Crippen LogP contribution in [0.4, 0.5) is 0 Å². The van der Waals surface area contributed by atoms with Crippen LogP contribution < -0.4 is 5.19 Å². The average molecular weight is 305 g/mol. The molecule has 0 aliphatic heterocycles. The summed E-state index contributed by atoms with van der Waals surface area (Å²) in [6, 6.07) is 10.6. The fraction of sp³-hybridized carbons (Fsp3) is 0.500. The molecule has 0 unspecified atom stereocenters. The van der Waals surface area contributed by atoms with E-state index in [2.05, 4.69) is 57.8 Å². The molecule has 0 heterocycles. The van der Waals surface area contributed by atoms with Crippen molar-refractivity contribution in [3.8, 4) is 0 Å². The van der Waals surface area contributed by atoms with Crippen LogP contribution in [0.15, 0.2) is 43.0 Å². The normalized spacial score (nSPS) is 14.6. The zero-order chi connectivity index (χ0) is 16.0. The van der Waals surface area contributed by atoms with E-state index in [1.807, 2.05) is 12.1 Å². The number of allylic oxidation sites excluding steroid dienone is 1. The van der Waals surface area contributed by atoms with Gasteiger partial charge in [-0.1, -0.05) is 68.5 Å². The van der Waals surface area contributed by atoms with Crippen molar-refractivity contribution in [3.63, 3.8) is 0 Å². The number of esters is 1. The first-order valence-corrected chi connectivity index (χ1v) is 10.7. The molecule has 1 aromatic carbocycles. The molecular weight excluding hydrogens is 276 g/mol. The zero-order valence-corrected chi connectivity index (χ0v) is 14.9. The van der Waals surface area contributed by atoms with Crippen molar-refractivity contribution in [1.82, 2.24) is 0 Å². The maximum Gasteiger partial charge on any atom is 0.308 e. The Kier molecular flexibility index (Phi) is 6.40. The highest BCUT2D eigenvalue weighted by Gasteiger charge is 2.43. The van der Waals surface area contributed by atoms with Crippen molar-refractivity contribution in [2.75, 3.05) is 7.11 Å². The molecular formula is C18H28O2Si. The topological polar surface area (TPSA) is 26.3 Å². The number of rotatable bonds is 7. The molecule has 0 amide bonds. The minimum Gasteiger partial charge on any atom is -0.469 e. The second kappa shape index (κ2) is 7.60. The van der Waals surface area contributed by atoms with Gasteiger partial charge in [-0.2, -0.15) is 0 Å². The van der Waals surface area contributed by atoms with Crippen molar-refractivity contribution in [2.45, 2.75) is 38.9 Å². The van der Waals surface area contributed by atoms with Gasteiger partial charge in [-0.3, -0.25) is 4.79 Å². The highest BCUT2D eigenvalue weighted by Crippen LogP contribution is 2.39. The predicted molar refractivity (Wildman–Crippen MR) is 92.5 cm³/mol. The number of hydrogen-bond donors (Lipinski definition) is 0. The summed E-state index contributed by atoms with van der Waals surface area (Å²) < 4.78 is 5.06. The Hall–Kier alpha value is -1.35. The van der Waals surface area contributed by atoms with E-state index in [4.69, 9.17) is 4.74 Å². The van der Waals surface area contributed by atoms with Crippen molar-refractivity contribution < 1.29 is 9.53 Å². The van der Waals surface area contributed by atoms with E-state index >= 15 is 0 Å². The van der Waals surface area contributed by atoms with Gasteiger partial charge in [0.2, 0.25) is 0 Å². The first-order chi connectivity index (χ1) is 9.86. The van der Waals surface area contributed by atoms with Gasteiger partial charge in [-0.05, 0) is 17.9 Å². The summed E-state index contributed by atoms with van der Waals surface area (Å²) in [4.78, 5) is 12.3. The van der Waals surface area contributed by atoms with E-state index in [1.165, 1.54) is 12.3 Å². The molecule has 0 saturated heterocycles. The Balaban J connectivity index is 3.26. The van der Waals surface area contributed by atoms with Gasteiger partial charge in [0, 0.05) is 0 Å². The molecule has 0 aliphatic carbocycles.